The quantitative estimate of drug-likeness (QED) is 0.766. The maximum absolute atomic E-state index is 10.9. The molecule has 0 fully saturated rings. The Hall–Kier alpha value is -1.80. The van der Waals surface area contributed by atoms with Crippen molar-refractivity contribution in [3.63, 3.8) is 0 Å². The van der Waals surface area contributed by atoms with Crippen molar-refractivity contribution in [3.05, 3.63) is 17.7 Å². The van der Waals surface area contributed by atoms with Crippen molar-refractivity contribution in [2.24, 2.45) is 0 Å². The molecule has 0 radical (unpaired) electrons. The molecular formula is C9H10O7S. The van der Waals surface area contributed by atoms with Gasteiger partial charge in [-0.1, -0.05) is 0 Å². The second-order valence-electron chi connectivity index (χ2n) is 2.99. The van der Waals surface area contributed by atoms with Crippen molar-refractivity contribution in [1.82, 2.24) is 0 Å². The van der Waals surface area contributed by atoms with Gasteiger partial charge in [-0.2, -0.15) is 8.42 Å². The van der Waals surface area contributed by atoms with Crippen molar-refractivity contribution in [3.8, 4) is 11.5 Å². The minimum Gasteiger partial charge on any atom is -0.493 e. The van der Waals surface area contributed by atoms with Gasteiger partial charge in [0, 0.05) is 6.07 Å². The number of hydrogen-bond donors (Lipinski definition) is 2. The van der Waals surface area contributed by atoms with Crippen LogP contribution >= 0.6 is 0 Å². The number of aromatic carboxylic acids is 1. The predicted octanol–water partition coefficient (Wildman–Crippen LogP) is 0.649. The number of methoxy groups -OCH3 is 2. The molecule has 0 atom stereocenters. The Kier molecular flexibility index (Phi) is 3.59. The summed E-state index contributed by atoms with van der Waals surface area (Å²) in [5, 5.41) is 8.89. The van der Waals surface area contributed by atoms with Crippen molar-refractivity contribution < 1.29 is 32.3 Å². The highest BCUT2D eigenvalue weighted by molar-refractivity contribution is 7.85. The summed E-state index contributed by atoms with van der Waals surface area (Å²) in [5.41, 5.74) is -0.417. The number of benzene rings is 1. The predicted molar refractivity (Wildman–Crippen MR) is 56.3 cm³/mol. The van der Waals surface area contributed by atoms with E-state index in [0.717, 1.165) is 12.1 Å². The van der Waals surface area contributed by atoms with Crippen molar-refractivity contribution in [1.29, 1.82) is 0 Å². The Bertz CT molecular complexity index is 547. The maximum atomic E-state index is 10.9. The van der Waals surface area contributed by atoms with Gasteiger partial charge in [-0.3, -0.25) is 4.55 Å². The lowest BCUT2D eigenvalue weighted by Gasteiger charge is -2.11. The molecule has 0 aromatic heterocycles. The van der Waals surface area contributed by atoms with Gasteiger partial charge in [0.25, 0.3) is 10.1 Å². The van der Waals surface area contributed by atoms with E-state index in [0.29, 0.717) is 0 Å². The zero-order chi connectivity index (χ0) is 13.2. The number of hydrogen-bond acceptors (Lipinski definition) is 5. The SMILES string of the molecule is COc1cc(S(=O)(=O)O)cc(C(=O)O)c1OC. The first-order valence-corrected chi connectivity index (χ1v) is 5.72. The minimum absolute atomic E-state index is 0.0972. The van der Waals surface area contributed by atoms with Crippen LogP contribution in [0.25, 0.3) is 0 Å². The van der Waals surface area contributed by atoms with Crippen molar-refractivity contribution >= 4 is 16.1 Å². The summed E-state index contributed by atoms with van der Waals surface area (Å²) in [6.07, 6.45) is 0. The zero-order valence-electron chi connectivity index (χ0n) is 9.00. The second-order valence-corrected chi connectivity index (χ2v) is 4.41. The Morgan fingerprint density at radius 2 is 1.82 bits per heavy atom. The Balaban J connectivity index is 3.63. The number of carboxylic acids is 1. The fourth-order valence-corrected chi connectivity index (χ4v) is 1.77. The first-order chi connectivity index (χ1) is 7.81. The van der Waals surface area contributed by atoms with Crippen LogP contribution in [0, 0.1) is 0 Å². The van der Waals surface area contributed by atoms with Crippen LogP contribution in [0.15, 0.2) is 17.0 Å². The smallest absolute Gasteiger partial charge is 0.339 e. The number of carboxylic acid groups (broad SMARTS) is 1. The van der Waals surface area contributed by atoms with E-state index in [9.17, 15) is 13.2 Å². The van der Waals surface area contributed by atoms with Gasteiger partial charge in [0.05, 0.1) is 19.1 Å². The van der Waals surface area contributed by atoms with E-state index in [2.05, 4.69) is 0 Å². The summed E-state index contributed by atoms with van der Waals surface area (Å²) in [5.74, 6) is -1.61. The molecule has 94 valence electrons. The van der Waals surface area contributed by atoms with Gasteiger partial charge in [-0.15, -0.1) is 0 Å². The van der Waals surface area contributed by atoms with Gasteiger partial charge in [0.2, 0.25) is 0 Å². The maximum Gasteiger partial charge on any atom is 0.339 e. The molecule has 17 heavy (non-hydrogen) atoms. The van der Waals surface area contributed by atoms with E-state index in [1.807, 2.05) is 0 Å². The van der Waals surface area contributed by atoms with Crippen LogP contribution in [0.2, 0.25) is 0 Å². The van der Waals surface area contributed by atoms with Gasteiger partial charge < -0.3 is 14.6 Å². The van der Waals surface area contributed by atoms with E-state index >= 15 is 0 Å². The lowest BCUT2D eigenvalue weighted by Crippen LogP contribution is -2.06. The normalized spacial score (nSPS) is 11.0. The zero-order valence-corrected chi connectivity index (χ0v) is 9.82. The highest BCUT2D eigenvalue weighted by Crippen LogP contribution is 2.34. The monoisotopic (exact) mass is 262 g/mol. The summed E-state index contributed by atoms with van der Waals surface area (Å²) in [7, 11) is -2.08. The molecule has 0 spiro atoms. The molecule has 0 saturated carbocycles. The van der Waals surface area contributed by atoms with Gasteiger partial charge in [-0.25, -0.2) is 4.79 Å². The summed E-state index contributed by atoms with van der Waals surface area (Å²) in [6.45, 7) is 0. The number of carbonyl (C=O) groups is 1. The van der Waals surface area contributed by atoms with Crippen LogP contribution in [0.4, 0.5) is 0 Å². The largest absolute Gasteiger partial charge is 0.493 e. The fraction of sp³-hybridized carbons (Fsp3) is 0.222. The van der Waals surface area contributed by atoms with E-state index in [1.54, 1.807) is 0 Å². The van der Waals surface area contributed by atoms with Crippen LogP contribution in [-0.2, 0) is 10.1 Å². The van der Waals surface area contributed by atoms with E-state index in [4.69, 9.17) is 19.1 Å². The molecule has 0 aliphatic carbocycles. The Labute approximate surface area is 97.3 Å². The Morgan fingerprint density at radius 3 is 2.18 bits per heavy atom. The standard InChI is InChI=1S/C9H10O7S/c1-15-7-4-5(17(12,13)14)3-6(9(10)11)8(7)16-2/h3-4H,1-2H3,(H,10,11)(H,12,13,14). The third kappa shape index (κ3) is 2.66. The molecule has 0 unspecified atom stereocenters. The molecule has 0 heterocycles. The lowest BCUT2D eigenvalue weighted by molar-refractivity contribution is 0.0692. The molecule has 8 heteroatoms. The molecular weight excluding hydrogens is 252 g/mol. The third-order valence-electron chi connectivity index (χ3n) is 1.98. The van der Waals surface area contributed by atoms with Gasteiger partial charge in [0.1, 0.15) is 5.56 Å². The van der Waals surface area contributed by atoms with E-state index in [-0.39, 0.29) is 11.5 Å². The summed E-state index contributed by atoms with van der Waals surface area (Å²) in [4.78, 5) is 10.3. The fourth-order valence-electron chi connectivity index (χ4n) is 1.25. The first-order valence-electron chi connectivity index (χ1n) is 4.28. The van der Waals surface area contributed by atoms with Crippen LogP contribution in [0.5, 0.6) is 11.5 Å². The molecule has 0 aliphatic heterocycles. The van der Waals surface area contributed by atoms with Crippen LogP contribution < -0.4 is 9.47 Å². The topological polar surface area (TPSA) is 110 Å². The van der Waals surface area contributed by atoms with Crippen molar-refractivity contribution in [2.75, 3.05) is 14.2 Å². The van der Waals surface area contributed by atoms with E-state index < -0.39 is 26.5 Å². The first kappa shape index (κ1) is 13.3. The highest BCUT2D eigenvalue weighted by atomic mass is 32.2. The average molecular weight is 262 g/mol. The molecule has 0 amide bonds. The van der Waals surface area contributed by atoms with Crippen LogP contribution in [0.1, 0.15) is 10.4 Å². The number of ether oxygens (including phenoxy) is 2. The average Bonchev–Trinajstić information content (AvgIpc) is 2.25. The Morgan fingerprint density at radius 1 is 1.24 bits per heavy atom. The molecule has 0 saturated heterocycles. The summed E-state index contributed by atoms with van der Waals surface area (Å²) < 4.78 is 40.4. The molecule has 1 aromatic rings. The van der Waals surface area contributed by atoms with Gasteiger partial charge >= 0.3 is 5.97 Å². The van der Waals surface area contributed by atoms with Crippen molar-refractivity contribution in [2.45, 2.75) is 4.90 Å². The van der Waals surface area contributed by atoms with Gasteiger partial charge in [0.15, 0.2) is 11.5 Å². The third-order valence-corrected chi connectivity index (χ3v) is 2.81. The van der Waals surface area contributed by atoms with E-state index in [1.165, 1.54) is 14.2 Å². The minimum atomic E-state index is -4.52. The molecule has 7 nitrogen and oxygen atoms in total. The lowest BCUT2D eigenvalue weighted by atomic mass is 10.2. The summed E-state index contributed by atoms with van der Waals surface area (Å²) >= 11 is 0. The van der Waals surface area contributed by atoms with Crippen LogP contribution in [0.3, 0.4) is 0 Å². The molecule has 0 aliphatic rings. The summed E-state index contributed by atoms with van der Waals surface area (Å²) in [6, 6.07) is 1.76. The molecule has 2 N–H and O–H groups in total. The van der Waals surface area contributed by atoms with Gasteiger partial charge in [-0.05, 0) is 6.07 Å². The second kappa shape index (κ2) is 4.60. The molecule has 1 aromatic carbocycles. The highest BCUT2D eigenvalue weighted by Gasteiger charge is 2.22. The molecule has 0 bridgehead atoms. The number of rotatable bonds is 4. The molecule has 1 rings (SSSR count). The van der Waals surface area contributed by atoms with Crippen LogP contribution in [-0.4, -0.2) is 38.3 Å².